The molecule has 1 aliphatic heterocycles. The second kappa shape index (κ2) is 10.2. The molecule has 7 heteroatoms. The maximum atomic E-state index is 13.7. The lowest BCUT2D eigenvalue weighted by atomic mass is 10.1. The van der Waals surface area contributed by atoms with E-state index in [9.17, 15) is 4.79 Å². The lowest BCUT2D eigenvalue weighted by Gasteiger charge is -2.23. The molecule has 0 spiro atoms. The molecule has 1 fully saturated rings. The van der Waals surface area contributed by atoms with Gasteiger partial charge in [-0.3, -0.25) is 9.69 Å². The zero-order valence-corrected chi connectivity index (χ0v) is 19.8. The average molecular weight is 475 g/mol. The monoisotopic (exact) mass is 474 g/mol. The second-order valence-corrected chi connectivity index (χ2v) is 9.06. The van der Waals surface area contributed by atoms with E-state index in [-0.39, 0.29) is 12.0 Å². The minimum atomic E-state index is -0.127. The van der Waals surface area contributed by atoms with Gasteiger partial charge in [-0.15, -0.1) is 0 Å². The highest BCUT2D eigenvalue weighted by Crippen LogP contribution is 2.33. The Morgan fingerprint density at radius 2 is 1.91 bits per heavy atom. The molecule has 1 aliphatic rings. The van der Waals surface area contributed by atoms with Crippen molar-refractivity contribution in [3.05, 3.63) is 78.4 Å². The minimum Gasteiger partial charge on any atom is -0.494 e. The first-order chi connectivity index (χ1) is 16.7. The van der Waals surface area contributed by atoms with Crippen LogP contribution in [0.1, 0.15) is 30.1 Å². The van der Waals surface area contributed by atoms with Gasteiger partial charge in [0.05, 0.1) is 29.5 Å². The number of para-hydroxylation sites is 1. The molecule has 6 nitrogen and oxygen atoms in total. The molecule has 1 atom stereocenters. The fraction of sp³-hybridized carbons (Fsp3) is 0.259. The summed E-state index contributed by atoms with van der Waals surface area (Å²) in [5, 5.41) is 0.651. The van der Waals surface area contributed by atoms with Gasteiger partial charge in [-0.25, -0.2) is 4.98 Å². The summed E-state index contributed by atoms with van der Waals surface area (Å²) in [6.45, 7) is 3.74. The maximum absolute atomic E-state index is 13.7. The molecule has 0 N–H and O–H groups in total. The van der Waals surface area contributed by atoms with Crippen molar-refractivity contribution in [1.82, 2.24) is 4.98 Å². The number of anilines is 1. The molecule has 1 unspecified atom stereocenters. The molecule has 3 aromatic carbocycles. The Hall–Kier alpha value is -3.42. The molecule has 0 aliphatic carbocycles. The van der Waals surface area contributed by atoms with Crippen LogP contribution < -0.4 is 14.4 Å². The molecule has 1 amide bonds. The van der Waals surface area contributed by atoms with E-state index in [0.717, 1.165) is 41.2 Å². The topological polar surface area (TPSA) is 60.9 Å². The van der Waals surface area contributed by atoms with Crippen molar-refractivity contribution in [2.24, 2.45) is 0 Å². The SMILES string of the molecule is CCOc1ccc2nc(N(CC3CCCO3)C(=O)c3cccc(Oc4ccccc4)c3)sc2c1. The molecule has 4 aromatic rings. The van der Waals surface area contributed by atoms with E-state index in [4.69, 9.17) is 19.2 Å². The zero-order valence-electron chi connectivity index (χ0n) is 19.0. The van der Waals surface area contributed by atoms with Crippen LogP contribution in [0.25, 0.3) is 10.2 Å². The summed E-state index contributed by atoms with van der Waals surface area (Å²) < 4.78 is 18.4. The number of nitrogens with zero attached hydrogens (tertiary/aromatic N) is 2. The lowest BCUT2D eigenvalue weighted by Crippen LogP contribution is -2.37. The summed E-state index contributed by atoms with van der Waals surface area (Å²) in [4.78, 5) is 20.3. The Morgan fingerprint density at radius 3 is 2.71 bits per heavy atom. The molecule has 5 rings (SSSR count). The summed E-state index contributed by atoms with van der Waals surface area (Å²) in [5.41, 5.74) is 1.38. The molecule has 0 saturated carbocycles. The third kappa shape index (κ3) is 5.05. The first kappa shape index (κ1) is 22.4. The van der Waals surface area contributed by atoms with Gasteiger partial charge in [0.25, 0.3) is 5.91 Å². The predicted molar refractivity (Wildman–Crippen MR) is 134 cm³/mol. The van der Waals surface area contributed by atoms with Crippen LogP contribution in [0, 0.1) is 0 Å². The Bertz CT molecular complexity index is 1270. The van der Waals surface area contributed by atoms with Crippen LogP contribution in [0.5, 0.6) is 17.2 Å². The minimum absolute atomic E-state index is 0.00120. The maximum Gasteiger partial charge on any atom is 0.260 e. The van der Waals surface area contributed by atoms with Crippen LogP contribution in [0.15, 0.2) is 72.8 Å². The molecular formula is C27H26N2O4S. The number of carbonyl (C=O) groups is 1. The van der Waals surface area contributed by atoms with Crippen LogP contribution in [0.3, 0.4) is 0 Å². The van der Waals surface area contributed by atoms with Crippen molar-refractivity contribution in [2.75, 3.05) is 24.7 Å². The highest BCUT2D eigenvalue weighted by Gasteiger charge is 2.27. The third-order valence-corrected chi connectivity index (χ3v) is 6.65. The molecule has 0 bridgehead atoms. The Balaban J connectivity index is 1.45. The van der Waals surface area contributed by atoms with Crippen molar-refractivity contribution in [1.29, 1.82) is 0 Å². The number of benzene rings is 3. The molecule has 34 heavy (non-hydrogen) atoms. The van der Waals surface area contributed by atoms with Gasteiger partial charge < -0.3 is 14.2 Å². The van der Waals surface area contributed by atoms with Gasteiger partial charge in [-0.2, -0.15) is 0 Å². The van der Waals surface area contributed by atoms with Crippen molar-refractivity contribution >= 4 is 32.6 Å². The van der Waals surface area contributed by atoms with Crippen LogP contribution >= 0.6 is 11.3 Å². The average Bonchev–Trinajstić information content (AvgIpc) is 3.53. The van der Waals surface area contributed by atoms with Gasteiger partial charge in [0, 0.05) is 12.2 Å². The molecule has 174 valence electrons. The number of aromatic nitrogens is 1. The Labute approximate surface area is 202 Å². The largest absolute Gasteiger partial charge is 0.494 e. The fourth-order valence-electron chi connectivity index (χ4n) is 3.98. The van der Waals surface area contributed by atoms with Crippen LogP contribution in [0.4, 0.5) is 5.13 Å². The van der Waals surface area contributed by atoms with Crippen molar-refractivity contribution in [3.63, 3.8) is 0 Å². The van der Waals surface area contributed by atoms with Gasteiger partial charge in [-0.05, 0) is 68.3 Å². The van der Waals surface area contributed by atoms with E-state index in [1.54, 1.807) is 11.0 Å². The molecule has 2 heterocycles. The van der Waals surface area contributed by atoms with Crippen molar-refractivity contribution < 1.29 is 19.0 Å². The number of ether oxygens (including phenoxy) is 3. The Morgan fingerprint density at radius 1 is 1.06 bits per heavy atom. The standard InChI is InChI=1S/C27H26N2O4S/c1-2-31-21-13-14-24-25(17-21)34-27(28-24)29(18-23-12-7-15-32-23)26(30)19-8-6-11-22(16-19)33-20-9-4-3-5-10-20/h3-6,8-11,13-14,16-17,23H,2,7,12,15,18H2,1H3. The van der Waals surface area contributed by atoms with E-state index >= 15 is 0 Å². The molecule has 1 aromatic heterocycles. The number of carbonyl (C=O) groups excluding carboxylic acids is 1. The quantitative estimate of drug-likeness (QED) is 0.299. The van der Waals surface area contributed by atoms with Crippen LogP contribution in [0.2, 0.25) is 0 Å². The van der Waals surface area contributed by atoms with E-state index in [0.29, 0.717) is 29.6 Å². The number of thiazole rings is 1. The summed E-state index contributed by atoms with van der Waals surface area (Å²) in [6.07, 6.45) is 1.93. The van der Waals surface area contributed by atoms with Gasteiger partial charge in [0.15, 0.2) is 5.13 Å². The number of fused-ring (bicyclic) bond motifs is 1. The van der Waals surface area contributed by atoms with E-state index in [1.165, 1.54) is 11.3 Å². The lowest BCUT2D eigenvalue weighted by molar-refractivity contribution is 0.0917. The summed E-state index contributed by atoms with van der Waals surface area (Å²) >= 11 is 1.49. The predicted octanol–water partition coefficient (Wildman–Crippen LogP) is 6.31. The third-order valence-electron chi connectivity index (χ3n) is 5.61. The Kier molecular flexibility index (Phi) is 6.74. The summed E-state index contributed by atoms with van der Waals surface area (Å²) in [7, 11) is 0. The first-order valence-electron chi connectivity index (χ1n) is 11.5. The van der Waals surface area contributed by atoms with E-state index in [2.05, 4.69) is 0 Å². The van der Waals surface area contributed by atoms with Crippen LogP contribution in [-0.4, -0.2) is 36.8 Å². The normalized spacial score (nSPS) is 15.4. The van der Waals surface area contributed by atoms with Gasteiger partial charge >= 0.3 is 0 Å². The first-order valence-corrected chi connectivity index (χ1v) is 12.3. The summed E-state index contributed by atoms with van der Waals surface area (Å²) in [5.74, 6) is 2.01. The van der Waals surface area contributed by atoms with E-state index in [1.807, 2.05) is 73.7 Å². The van der Waals surface area contributed by atoms with Gasteiger partial charge in [-0.1, -0.05) is 35.6 Å². The van der Waals surface area contributed by atoms with Gasteiger partial charge in [0.1, 0.15) is 17.2 Å². The number of amides is 1. The molecule has 1 saturated heterocycles. The van der Waals surface area contributed by atoms with Crippen molar-refractivity contribution in [2.45, 2.75) is 25.9 Å². The van der Waals surface area contributed by atoms with E-state index < -0.39 is 0 Å². The number of hydrogen-bond donors (Lipinski definition) is 0. The molecular weight excluding hydrogens is 448 g/mol. The second-order valence-electron chi connectivity index (χ2n) is 8.05. The molecule has 0 radical (unpaired) electrons. The fourth-order valence-corrected chi connectivity index (χ4v) is 4.98. The zero-order chi connectivity index (χ0) is 23.3. The smallest absolute Gasteiger partial charge is 0.260 e. The summed E-state index contributed by atoms with van der Waals surface area (Å²) in [6, 6.07) is 22.6. The number of rotatable bonds is 8. The number of hydrogen-bond acceptors (Lipinski definition) is 6. The van der Waals surface area contributed by atoms with Crippen LogP contribution in [-0.2, 0) is 4.74 Å². The van der Waals surface area contributed by atoms with Gasteiger partial charge in [0.2, 0.25) is 0 Å². The highest BCUT2D eigenvalue weighted by molar-refractivity contribution is 7.22. The highest BCUT2D eigenvalue weighted by atomic mass is 32.1. The van der Waals surface area contributed by atoms with Crippen molar-refractivity contribution in [3.8, 4) is 17.2 Å².